The van der Waals surface area contributed by atoms with Gasteiger partial charge in [-0.3, -0.25) is 0 Å². The fraction of sp³-hybridized carbons (Fsp3) is 0. The quantitative estimate of drug-likeness (QED) is 0.579. The van der Waals surface area contributed by atoms with Gasteiger partial charge in [0.25, 0.3) is 0 Å². The fourth-order valence-electron chi connectivity index (χ4n) is 1.81. The predicted molar refractivity (Wildman–Crippen MR) is 86.1 cm³/mol. The Morgan fingerprint density at radius 1 is 1.05 bits per heavy atom. The average molecular weight is 323 g/mol. The molecule has 4 nitrogen and oxygen atoms in total. The van der Waals surface area contributed by atoms with Gasteiger partial charge in [0.15, 0.2) is 0 Å². The Balaban J connectivity index is 0.000000154. The van der Waals surface area contributed by atoms with Crippen LogP contribution in [0.4, 0.5) is 5.69 Å². The summed E-state index contributed by atoms with van der Waals surface area (Å²) >= 11 is 11.4. The molecule has 0 fully saturated rings. The number of anilines is 1. The molecule has 3 rings (SSSR count). The molecule has 0 aliphatic heterocycles. The second-order valence-electron chi connectivity index (χ2n) is 4.19. The molecular weight excluding hydrogens is 311 g/mol. The molecule has 0 bridgehead atoms. The van der Waals surface area contributed by atoms with E-state index in [4.69, 9.17) is 34.0 Å². The standard InChI is InChI=1S/C8H6ClN.C7H6ClNO2/c9-7-2-1-3-8-6(7)4-5-10-8;8-4-2-1-3-5(9)6(4)7(10)11/h1-5,10H;1-3H,9H2,(H,10,11). The molecular formula is C15H12Cl2N2O2. The highest BCUT2D eigenvalue weighted by Crippen LogP contribution is 2.21. The Labute approximate surface area is 131 Å². The number of nitrogen functional groups attached to an aromatic ring is 1. The minimum absolute atomic E-state index is 0.0332. The molecule has 108 valence electrons. The molecule has 4 N–H and O–H groups in total. The van der Waals surface area contributed by atoms with Crippen molar-refractivity contribution < 1.29 is 9.90 Å². The number of halogens is 2. The highest BCUT2D eigenvalue weighted by molar-refractivity contribution is 6.35. The number of fused-ring (bicyclic) bond motifs is 1. The van der Waals surface area contributed by atoms with Crippen LogP contribution in [-0.4, -0.2) is 16.1 Å². The molecule has 0 aliphatic carbocycles. The number of nitrogens with two attached hydrogens (primary N) is 1. The van der Waals surface area contributed by atoms with Crippen molar-refractivity contribution in [2.24, 2.45) is 0 Å². The van der Waals surface area contributed by atoms with Crippen LogP contribution in [0.1, 0.15) is 10.4 Å². The number of nitrogens with one attached hydrogen (secondary N) is 1. The van der Waals surface area contributed by atoms with Crippen LogP contribution in [0, 0.1) is 0 Å². The Morgan fingerprint density at radius 3 is 2.29 bits per heavy atom. The lowest BCUT2D eigenvalue weighted by Gasteiger charge is -2.00. The van der Waals surface area contributed by atoms with Crippen molar-refractivity contribution >= 4 is 45.8 Å². The lowest BCUT2D eigenvalue weighted by atomic mass is 10.2. The van der Waals surface area contributed by atoms with Crippen LogP contribution in [0.15, 0.2) is 48.7 Å². The first-order chi connectivity index (χ1) is 10.0. The van der Waals surface area contributed by atoms with E-state index >= 15 is 0 Å². The summed E-state index contributed by atoms with van der Waals surface area (Å²) in [6, 6.07) is 12.4. The first-order valence-electron chi connectivity index (χ1n) is 5.99. The summed E-state index contributed by atoms with van der Waals surface area (Å²) < 4.78 is 0. The number of hydrogen-bond donors (Lipinski definition) is 3. The number of hydrogen-bond acceptors (Lipinski definition) is 2. The molecule has 0 unspecified atom stereocenters. The maximum Gasteiger partial charge on any atom is 0.339 e. The van der Waals surface area contributed by atoms with Crippen molar-refractivity contribution in [2.75, 3.05) is 5.73 Å². The summed E-state index contributed by atoms with van der Waals surface area (Å²) in [5.74, 6) is -1.10. The topological polar surface area (TPSA) is 79.1 Å². The average Bonchev–Trinajstić information content (AvgIpc) is 2.88. The zero-order valence-electron chi connectivity index (χ0n) is 10.8. The molecule has 0 saturated heterocycles. The number of rotatable bonds is 1. The SMILES string of the molecule is Clc1cccc2[nH]ccc12.Nc1cccc(Cl)c1C(=O)O. The molecule has 21 heavy (non-hydrogen) atoms. The minimum atomic E-state index is -1.10. The summed E-state index contributed by atoms with van der Waals surface area (Å²) in [5.41, 5.74) is 6.60. The van der Waals surface area contributed by atoms with Crippen LogP contribution in [-0.2, 0) is 0 Å². The van der Waals surface area contributed by atoms with E-state index < -0.39 is 5.97 Å². The van der Waals surface area contributed by atoms with E-state index in [1.165, 1.54) is 12.1 Å². The normalized spacial score (nSPS) is 10.0. The third-order valence-corrected chi connectivity index (χ3v) is 3.45. The largest absolute Gasteiger partial charge is 0.478 e. The molecule has 1 heterocycles. The summed E-state index contributed by atoms with van der Waals surface area (Å²) in [5, 5.41) is 10.6. The van der Waals surface area contributed by atoms with E-state index in [0.29, 0.717) is 0 Å². The maximum absolute atomic E-state index is 10.5. The number of carboxylic acid groups (broad SMARTS) is 1. The number of aromatic amines is 1. The predicted octanol–water partition coefficient (Wildman–Crippen LogP) is 4.44. The molecule has 1 aromatic heterocycles. The maximum atomic E-state index is 10.5. The molecule has 0 radical (unpaired) electrons. The Bertz CT molecular complexity index is 764. The number of benzene rings is 2. The Morgan fingerprint density at radius 2 is 1.71 bits per heavy atom. The van der Waals surface area contributed by atoms with Gasteiger partial charge in [-0.05, 0) is 30.3 Å². The number of H-pyrrole nitrogens is 1. The molecule has 0 atom stereocenters. The van der Waals surface area contributed by atoms with E-state index in [-0.39, 0.29) is 16.3 Å². The van der Waals surface area contributed by atoms with Gasteiger partial charge in [-0.25, -0.2) is 4.79 Å². The lowest BCUT2D eigenvalue weighted by molar-refractivity contribution is 0.0698. The van der Waals surface area contributed by atoms with Crippen LogP contribution < -0.4 is 5.73 Å². The lowest BCUT2D eigenvalue weighted by Crippen LogP contribution is -2.02. The summed E-state index contributed by atoms with van der Waals surface area (Å²) in [6.45, 7) is 0. The third-order valence-electron chi connectivity index (χ3n) is 2.80. The van der Waals surface area contributed by atoms with Gasteiger partial charge in [0.1, 0.15) is 5.56 Å². The van der Waals surface area contributed by atoms with Crippen LogP contribution >= 0.6 is 23.2 Å². The van der Waals surface area contributed by atoms with Crippen LogP contribution in [0.25, 0.3) is 10.9 Å². The summed E-state index contributed by atoms with van der Waals surface area (Å²) in [7, 11) is 0. The monoisotopic (exact) mass is 322 g/mol. The van der Waals surface area contributed by atoms with Gasteiger partial charge in [0.05, 0.1) is 5.02 Å². The smallest absolute Gasteiger partial charge is 0.339 e. The number of aromatic carboxylic acids is 1. The molecule has 2 aromatic carbocycles. The van der Waals surface area contributed by atoms with E-state index in [2.05, 4.69) is 4.98 Å². The van der Waals surface area contributed by atoms with Crippen molar-refractivity contribution in [3.63, 3.8) is 0 Å². The molecule has 0 saturated carbocycles. The second-order valence-corrected chi connectivity index (χ2v) is 5.00. The third kappa shape index (κ3) is 3.48. The van der Waals surface area contributed by atoms with Crippen LogP contribution in [0.5, 0.6) is 0 Å². The van der Waals surface area contributed by atoms with Gasteiger partial charge in [-0.15, -0.1) is 0 Å². The fourth-order valence-corrected chi connectivity index (χ4v) is 2.31. The number of aromatic nitrogens is 1. The highest BCUT2D eigenvalue weighted by Gasteiger charge is 2.10. The zero-order chi connectivity index (χ0) is 15.4. The molecule has 0 amide bonds. The van der Waals surface area contributed by atoms with Crippen molar-refractivity contribution in [3.8, 4) is 0 Å². The highest BCUT2D eigenvalue weighted by atomic mass is 35.5. The van der Waals surface area contributed by atoms with E-state index in [9.17, 15) is 4.79 Å². The Hall–Kier alpha value is -2.17. The van der Waals surface area contributed by atoms with Crippen LogP contribution in [0.3, 0.4) is 0 Å². The first kappa shape index (κ1) is 15.2. The second kappa shape index (κ2) is 6.52. The molecule has 0 spiro atoms. The van der Waals surface area contributed by atoms with E-state index in [0.717, 1.165) is 15.9 Å². The first-order valence-corrected chi connectivity index (χ1v) is 6.75. The van der Waals surface area contributed by atoms with Crippen molar-refractivity contribution in [1.82, 2.24) is 4.98 Å². The van der Waals surface area contributed by atoms with E-state index in [1.807, 2.05) is 30.5 Å². The number of carbonyl (C=O) groups is 1. The van der Waals surface area contributed by atoms with Crippen molar-refractivity contribution in [1.29, 1.82) is 0 Å². The van der Waals surface area contributed by atoms with Crippen molar-refractivity contribution in [2.45, 2.75) is 0 Å². The number of carboxylic acids is 1. The molecule has 3 aromatic rings. The summed E-state index contributed by atoms with van der Waals surface area (Å²) in [6.07, 6.45) is 1.89. The van der Waals surface area contributed by atoms with Gasteiger partial charge < -0.3 is 15.8 Å². The van der Waals surface area contributed by atoms with Crippen molar-refractivity contribution in [3.05, 3.63) is 64.3 Å². The van der Waals surface area contributed by atoms with Crippen LogP contribution in [0.2, 0.25) is 10.0 Å². The molecule has 6 heteroatoms. The summed E-state index contributed by atoms with van der Waals surface area (Å²) in [4.78, 5) is 13.6. The van der Waals surface area contributed by atoms with Gasteiger partial charge in [0.2, 0.25) is 0 Å². The zero-order valence-corrected chi connectivity index (χ0v) is 12.3. The Kier molecular flexibility index (Phi) is 4.73. The van der Waals surface area contributed by atoms with Gasteiger partial charge in [-0.1, -0.05) is 35.3 Å². The van der Waals surface area contributed by atoms with Gasteiger partial charge in [0, 0.05) is 27.8 Å². The van der Waals surface area contributed by atoms with Gasteiger partial charge >= 0.3 is 5.97 Å². The van der Waals surface area contributed by atoms with E-state index in [1.54, 1.807) is 6.07 Å². The van der Waals surface area contributed by atoms with Gasteiger partial charge in [-0.2, -0.15) is 0 Å². The minimum Gasteiger partial charge on any atom is -0.478 e. The molecule has 0 aliphatic rings.